The minimum absolute atomic E-state index is 1.23. The van der Waals surface area contributed by atoms with Crippen LogP contribution in [0.4, 0.5) is 0 Å². The van der Waals surface area contributed by atoms with Gasteiger partial charge >= 0.3 is 0 Å². The third-order valence-electron chi connectivity index (χ3n) is 9.84. The Kier molecular flexibility index (Phi) is 6.55. The molecule has 0 aliphatic rings. The third-order valence-corrected chi connectivity index (χ3v) is 11.1. The highest BCUT2D eigenvalue weighted by atomic mass is 32.1. The van der Waals surface area contributed by atoms with Crippen molar-refractivity contribution < 1.29 is 0 Å². The average Bonchev–Trinajstić information content (AvgIpc) is 3.51. The van der Waals surface area contributed by atoms with Crippen LogP contribution >= 0.6 is 11.3 Å². The van der Waals surface area contributed by atoms with Gasteiger partial charge in [0.1, 0.15) is 0 Å². The molecule has 1 heteroatoms. The van der Waals surface area contributed by atoms with E-state index in [2.05, 4.69) is 172 Å². The van der Waals surface area contributed by atoms with Crippen LogP contribution in [0, 0.1) is 13.8 Å². The highest BCUT2D eigenvalue weighted by Gasteiger charge is 2.21. The molecule has 0 aliphatic heterocycles. The molecule has 0 aliphatic carbocycles. The Balaban J connectivity index is 1.43. The first-order valence-corrected chi connectivity index (χ1v) is 17.1. The molecule has 47 heavy (non-hydrogen) atoms. The molecule has 0 N–H and O–H groups in total. The van der Waals surface area contributed by atoms with Crippen molar-refractivity contribution >= 4 is 53.1 Å². The third kappa shape index (κ3) is 4.42. The molecule has 0 saturated heterocycles. The van der Waals surface area contributed by atoms with Crippen molar-refractivity contribution in [2.45, 2.75) is 13.8 Å². The van der Waals surface area contributed by atoms with Crippen molar-refractivity contribution in [1.29, 1.82) is 0 Å². The number of aryl methyl sites for hydroxylation is 1. The van der Waals surface area contributed by atoms with Crippen molar-refractivity contribution in [1.82, 2.24) is 0 Å². The summed E-state index contributed by atoms with van der Waals surface area (Å²) in [5, 5.41) is 7.78. The van der Waals surface area contributed by atoms with Gasteiger partial charge in [0.15, 0.2) is 0 Å². The zero-order valence-corrected chi connectivity index (χ0v) is 27.2. The average molecular weight is 617 g/mol. The van der Waals surface area contributed by atoms with Gasteiger partial charge in [0.25, 0.3) is 0 Å². The fourth-order valence-corrected chi connectivity index (χ4v) is 8.81. The molecule has 222 valence electrons. The van der Waals surface area contributed by atoms with Crippen LogP contribution < -0.4 is 0 Å². The normalized spacial score (nSPS) is 11.6. The molecular weight excluding hydrogens is 585 g/mol. The van der Waals surface area contributed by atoms with Crippen molar-refractivity contribution in [3.8, 4) is 44.5 Å². The van der Waals surface area contributed by atoms with E-state index in [0.29, 0.717) is 0 Å². The number of rotatable bonds is 4. The first kappa shape index (κ1) is 27.8. The number of thiophene rings is 1. The van der Waals surface area contributed by atoms with Gasteiger partial charge in [-0.3, -0.25) is 0 Å². The maximum Gasteiger partial charge on any atom is 0.0434 e. The first-order chi connectivity index (χ1) is 23.2. The van der Waals surface area contributed by atoms with Gasteiger partial charge in [0.05, 0.1) is 0 Å². The molecule has 8 aromatic carbocycles. The summed E-state index contributed by atoms with van der Waals surface area (Å²) in [6.45, 7) is 4.51. The Morgan fingerprint density at radius 1 is 0.362 bits per heavy atom. The second kappa shape index (κ2) is 11.1. The molecule has 0 radical (unpaired) electrons. The lowest BCUT2D eigenvalue weighted by Crippen LogP contribution is -1.95. The molecule has 0 saturated carbocycles. The topological polar surface area (TPSA) is 0 Å². The highest BCUT2D eigenvalue weighted by Crippen LogP contribution is 2.49. The predicted molar refractivity (Wildman–Crippen MR) is 206 cm³/mol. The molecule has 0 bridgehead atoms. The molecule has 0 atom stereocenters. The van der Waals surface area contributed by atoms with E-state index >= 15 is 0 Å². The minimum Gasteiger partial charge on any atom is -0.135 e. The summed E-state index contributed by atoms with van der Waals surface area (Å²) in [4.78, 5) is 0. The molecular formula is C46H32S. The Hall–Kier alpha value is -5.50. The SMILES string of the molecule is Cc1ccccc1-c1cccc(-c2c3ccccc3c(-c3cccc4c3sc3ccccc34)c3ccc(-c4ccccc4)cc23)c1C. The second-order valence-electron chi connectivity index (χ2n) is 12.5. The van der Waals surface area contributed by atoms with Gasteiger partial charge in [0, 0.05) is 25.7 Å². The quantitative estimate of drug-likeness (QED) is 0.173. The lowest BCUT2D eigenvalue weighted by Gasteiger charge is -2.21. The van der Waals surface area contributed by atoms with Crippen LogP contribution in [-0.4, -0.2) is 0 Å². The van der Waals surface area contributed by atoms with E-state index in [0.717, 1.165) is 0 Å². The van der Waals surface area contributed by atoms with Crippen LogP contribution in [0.1, 0.15) is 11.1 Å². The Bertz CT molecular complexity index is 2640. The number of hydrogen-bond acceptors (Lipinski definition) is 1. The van der Waals surface area contributed by atoms with E-state index in [1.54, 1.807) is 0 Å². The van der Waals surface area contributed by atoms with Crippen molar-refractivity contribution in [2.24, 2.45) is 0 Å². The maximum atomic E-state index is 2.43. The zero-order valence-electron chi connectivity index (χ0n) is 26.4. The van der Waals surface area contributed by atoms with E-state index in [4.69, 9.17) is 0 Å². The van der Waals surface area contributed by atoms with Crippen LogP contribution in [0.5, 0.6) is 0 Å². The minimum atomic E-state index is 1.23. The van der Waals surface area contributed by atoms with Gasteiger partial charge in [0.2, 0.25) is 0 Å². The molecule has 1 heterocycles. The number of fused-ring (bicyclic) bond motifs is 5. The highest BCUT2D eigenvalue weighted by molar-refractivity contribution is 7.26. The number of hydrogen-bond donors (Lipinski definition) is 0. The molecule has 0 fully saturated rings. The van der Waals surface area contributed by atoms with Crippen molar-refractivity contribution in [3.63, 3.8) is 0 Å². The fraction of sp³-hybridized carbons (Fsp3) is 0.0435. The molecule has 0 amide bonds. The fourth-order valence-electron chi connectivity index (χ4n) is 7.59. The van der Waals surface area contributed by atoms with Gasteiger partial charge < -0.3 is 0 Å². The Labute approximate surface area is 279 Å². The van der Waals surface area contributed by atoms with Gasteiger partial charge in [-0.05, 0) is 97.6 Å². The maximum absolute atomic E-state index is 2.43. The van der Waals surface area contributed by atoms with E-state index in [1.165, 1.54) is 97.4 Å². The number of benzene rings is 8. The predicted octanol–water partition coefficient (Wildman–Crippen LogP) is 13.6. The summed E-state index contributed by atoms with van der Waals surface area (Å²) < 4.78 is 2.67. The van der Waals surface area contributed by atoms with Crippen molar-refractivity contribution in [3.05, 3.63) is 169 Å². The van der Waals surface area contributed by atoms with Gasteiger partial charge in [-0.2, -0.15) is 0 Å². The van der Waals surface area contributed by atoms with Crippen LogP contribution in [0.25, 0.3) is 86.2 Å². The molecule has 0 unspecified atom stereocenters. The lowest BCUT2D eigenvalue weighted by atomic mass is 9.82. The summed E-state index contributed by atoms with van der Waals surface area (Å²) in [6, 6.07) is 58.1. The van der Waals surface area contributed by atoms with Crippen molar-refractivity contribution in [2.75, 3.05) is 0 Å². The molecule has 0 nitrogen and oxygen atoms in total. The molecule has 9 rings (SSSR count). The Morgan fingerprint density at radius 2 is 0.936 bits per heavy atom. The van der Waals surface area contributed by atoms with Gasteiger partial charge in [-0.1, -0.05) is 146 Å². The standard InChI is InChI=1S/C46H32S/c1-29-14-6-7-17-33(29)34-21-12-22-35(30(34)2)44-37-19-8-9-20-38(37)45(39-27-26-32(28-42(39)44)31-15-4-3-5-16-31)41-24-13-23-40-36-18-10-11-25-43(36)47-46(40)41/h3-28H,1-2H3. The lowest BCUT2D eigenvalue weighted by molar-refractivity contribution is 1.41. The van der Waals surface area contributed by atoms with E-state index in [1.807, 2.05) is 11.3 Å². The molecule has 9 aromatic rings. The summed E-state index contributed by atoms with van der Waals surface area (Å²) in [5.74, 6) is 0. The second-order valence-corrected chi connectivity index (χ2v) is 13.5. The van der Waals surface area contributed by atoms with Crippen LogP contribution in [0.3, 0.4) is 0 Å². The molecule has 0 spiro atoms. The van der Waals surface area contributed by atoms with Crippen LogP contribution in [-0.2, 0) is 0 Å². The monoisotopic (exact) mass is 616 g/mol. The van der Waals surface area contributed by atoms with E-state index < -0.39 is 0 Å². The summed E-state index contributed by atoms with van der Waals surface area (Å²) in [5.41, 5.74) is 12.8. The van der Waals surface area contributed by atoms with Gasteiger partial charge in [-0.25, -0.2) is 0 Å². The zero-order chi connectivity index (χ0) is 31.5. The summed E-state index contributed by atoms with van der Waals surface area (Å²) in [7, 11) is 0. The van der Waals surface area contributed by atoms with E-state index in [9.17, 15) is 0 Å². The van der Waals surface area contributed by atoms with Gasteiger partial charge in [-0.15, -0.1) is 11.3 Å². The first-order valence-electron chi connectivity index (χ1n) is 16.3. The Morgan fingerprint density at radius 3 is 1.74 bits per heavy atom. The van der Waals surface area contributed by atoms with E-state index in [-0.39, 0.29) is 0 Å². The summed E-state index contributed by atoms with van der Waals surface area (Å²) >= 11 is 1.90. The summed E-state index contributed by atoms with van der Waals surface area (Å²) in [6.07, 6.45) is 0. The molecule has 1 aromatic heterocycles. The smallest absolute Gasteiger partial charge is 0.0434 e. The largest absolute Gasteiger partial charge is 0.135 e. The van der Waals surface area contributed by atoms with Crippen LogP contribution in [0.15, 0.2) is 158 Å². The van der Waals surface area contributed by atoms with Crippen LogP contribution in [0.2, 0.25) is 0 Å².